The molecular formula is C14H19N3O3. The molecule has 3 unspecified atom stereocenters. The number of nitro groups is 1. The van der Waals surface area contributed by atoms with Gasteiger partial charge >= 0.3 is 0 Å². The van der Waals surface area contributed by atoms with Crippen LogP contribution in [0.1, 0.15) is 12.8 Å². The molecule has 0 aliphatic carbocycles. The highest BCUT2D eigenvalue weighted by Gasteiger charge is 2.34. The minimum absolute atomic E-state index is 0.0946. The third kappa shape index (κ3) is 2.43. The maximum absolute atomic E-state index is 10.9. The van der Waals surface area contributed by atoms with Gasteiger partial charge in [0.1, 0.15) is 5.75 Å². The first-order chi connectivity index (χ1) is 9.67. The quantitative estimate of drug-likeness (QED) is 0.674. The summed E-state index contributed by atoms with van der Waals surface area (Å²) in [5, 5.41) is 14.4. The molecular weight excluding hydrogens is 258 g/mol. The fraction of sp³-hybridized carbons (Fsp3) is 0.571. The predicted octanol–water partition coefficient (Wildman–Crippen LogP) is 2.11. The summed E-state index contributed by atoms with van der Waals surface area (Å²) in [5.74, 6) is 1.30. The number of nitro benzene ring substituents is 1. The van der Waals surface area contributed by atoms with Crippen LogP contribution in [0.3, 0.4) is 0 Å². The van der Waals surface area contributed by atoms with Gasteiger partial charge in [0, 0.05) is 31.3 Å². The fourth-order valence-electron chi connectivity index (χ4n) is 3.26. The van der Waals surface area contributed by atoms with E-state index in [1.165, 1.54) is 19.0 Å². The van der Waals surface area contributed by atoms with Crippen LogP contribution in [0.25, 0.3) is 0 Å². The maximum Gasteiger partial charge on any atom is 0.271 e. The van der Waals surface area contributed by atoms with Gasteiger partial charge in [-0.15, -0.1) is 0 Å². The van der Waals surface area contributed by atoms with Crippen molar-refractivity contribution in [1.82, 2.24) is 4.90 Å². The van der Waals surface area contributed by atoms with Gasteiger partial charge in [0.2, 0.25) is 0 Å². The lowest BCUT2D eigenvalue weighted by atomic mass is 9.94. The van der Waals surface area contributed by atoms with E-state index < -0.39 is 0 Å². The van der Waals surface area contributed by atoms with Crippen molar-refractivity contribution in [3.63, 3.8) is 0 Å². The summed E-state index contributed by atoms with van der Waals surface area (Å²) in [7, 11) is 1.59. The lowest BCUT2D eigenvalue weighted by Crippen LogP contribution is -2.39. The Bertz CT molecular complexity index is 520. The number of non-ortho nitro benzene ring substituents is 1. The summed E-state index contributed by atoms with van der Waals surface area (Å²) in [6.07, 6.45) is 2.28. The van der Waals surface area contributed by atoms with Crippen molar-refractivity contribution >= 4 is 11.4 Å². The molecule has 2 heterocycles. The van der Waals surface area contributed by atoms with Crippen LogP contribution >= 0.6 is 0 Å². The van der Waals surface area contributed by atoms with Crippen LogP contribution in [0, 0.1) is 16.0 Å². The van der Waals surface area contributed by atoms with E-state index in [0.717, 1.165) is 25.2 Å². The zero-order valence-electron chi connectivity index (χ0n) is 11.5. The van der Waals surface area contributed by atoms with E-state index >= 15 is 0 Å². The van der Waals surface area contributed by atoms with Gasteiger partial charge < -0.3 is 15.0 Å². The van der Waals surface area contributed by atoms with Crippen LogP contribution in [0.2, 0.25) is 0 Å². The first-order valence-corrected chi connectivity index (χ1v) is 6.98. The van der Waals surface area contributed by atoms with Crippen LogP contribution in [-0.2, 0) is 0 Å². The Kier molecular flexibility index (Phi) is 3.48. The van der Waals surface area contributed by atoms with Crippen molar-refractivity contribution in [2.75, 3.05) is 32.1 Å². The Hall–Kier alpha value is -1.82. The number of rotatable bonds is 4. The summed E-state index contributed by atoms with van der Waals surface area (Å²) < 4.78 is 5.31. The molecule has 2 fully saturated rings. The molecule has 3 rings (SSSR count). The molecule has 20 heavy (non-hydrogen) atoms. The molecule has 6 heteroatoms. The molecule has 2 bridgehead atoms. The van der Waals surface area contributed by atoms with Crippen LogP contribution in [0.4, 0.5) is 11.4 Å². The number of nitrogens with one attached hydrogen (secondary N) is 1. The van der Waals surface area contributed by atoms with E-state index in [1.54, 1.807) is 19.2 Å². The summed E-state index contributed by atoms with van der Waals surface area (Å²) >= 11 is 0. The number of anilines is 1. The first-order valence-electron chi connectivity index (χ1n) is 6.98. The molecule has 0 amide bonds. The average Bonchev–Trinajstić information content (AvgIpc) is 2.84. The Morgan fingerprint density at radius 2 is 2.20 bits per heavy atom. The van der Waals surface area contributed by atoms with Crippen molar-refractivity contribution in [2.45, 2.75) is 18.9 Å². The van der Waals surface area contributed by atoms with Gasteiger partial charge in [-0.3, -0.25) is 10.1 Å². The minimum Gasteiger partial charge on any atom is -0.495 e. The molecule has 1 aromatic rings. The molecule has 1 N–H and O–H groups in total. The summed E-state index contributed by atoms with van der Waals surface area (Å²) in [5.41, 5.74) is 0.823. The number of piperidine rings is 1. The third-order valence-corrected chi connectivity index (χ3v) is 4.37. The number of ether oxygens (including phenoxy) is 1. The van der Waals surface area contributed by atoms with Crippen LogP contribution in [-0.4, -0.2) is 42.6 Å². The summed E-state index contributed by atoms with van der Waals surface area (Å²) in [4.78, 5) is 13.0. The van der Waals surface area contributed by atoms with Crippen LogP contribution < -0.4 is 10.1 Å². The van der Waals surface area contributed by atoms with Crippen LogP contribution in [0.5, 0.6) is 5.75 Å². The van der Waals surface area contributed by atoms with E-state index in [-0.39, 0.29) is 10.6 Å². The Morgan fingerprint density at radius 1 is 1.40 bits per heavy atom. The second-order valence-corrected chi connectivity index (χ2v) is 5.53. The largest absolute Gasteiger partial charge is 0.495 e. The molecule has 0 spiro atoms. The van der Waals surface area contributed by atoms with E-state index in [4.69, 9.17) is 4.74 Å². The number of hydrogen-bond donors (Lipinski definition) is 1. The van der Waals surface area contributed by atoms with E-state index in [0.29, 0.717) is 17.7 Å². The molecule has 2 aliphatic heterocycles. The molecule has 3 atom stereocenters. The second kappa shape index (κ2) is 5.28. The minimum atomic E-state index is -0.372. The summed E-state index contributed by atoms with van der Waals surface area (Å²) in [6.45, 7) is 3.41. The highest BCUT2D eigenvalue weighted by atomic mass is 16.6. The average molecular weight is 277 g/mol. The monoisotopic (exact) mass is 277 g/mol. The SMILES string of the molecule is COc1ccc([N+](=O)[O-])cc1NC1CCN2CCC1C2. The predicted molar refractivity (Wildman–Crippen MR) is 76.2 cm³/mol. The Labute approximate surface area is 117 Å². The fourth-order valence-corrected chi connectivity index (χ4v) is 3.26. The zero-order chi connectivity index (χ0) is 14.1. The number of methoxy groups -OCH3 is 1. The smallest absolute Gasteiger partial charge is 0.271 e. The molecule has 6 nitrogen and oxygen atoms in total. The standard InChI is InChI=1S/C14H19N3O3/c1-20-14-3-2-11(17(18)19)8-13(14)15-12-5-7-16-6-4-10(12)9-16/h2-3,8,10,12,15H,4-7,9H2,1H3. The van der Waals surface area contributed by atoms with Crippen molar-refractivity contribution in [2.24, 2.45) is 5.92 Å². The van der Waals surface area contributed by atoms with Gasteiger partial charge in [-0.05, 0) is 31.4 Å². The number of fused-ring (bicyclic) bond motifs is 2. The van der Waals surface area contributed by atoms with E-state index in [1.807, 2.05) is 0 Å². The van der Waals surface area contributed by atoms with Gasteiger partial charge in [0.25, 0.3) is 5.69 Å². The molecule has 0 radical (unpaired) electrons. The van der Waals surface area contributed by atoms with Crippen molar-refractivity contribution in [3.8, 4) is 5.75 Å². The van der Waals surface area contributed by atoms with E-state index in [2.05, 4.69) is 10.2 Å². The first kappa shape index (κ1) is 13.2. The molecule has 0 saturated carbocycles. The Morgan fingerprint density at radius 3 is 2.95 bits per heavy atom. The number of benzene rings is 1. The molecule has 108 valence electrons. The van der Waals surface area contributed by atoms with Gasteiger partial charge in [0.05, 0.1) is 17.7 Å². The molecule has 1 aromatic carbocycles. The lowest BCUT2D eigenvalue weighted by molar-refractivity contribution is -0.384. The highest BCUT2D eigenvalue weighted by Crippen LogP contribution is 2.34. The second-order valence-electron chi connectivity index (χ2n) is 5.53. The zero-order valence-corrected chi connectivity index (χ0v) is 11.5. The van der Waals surface area contributed by atoms with Gasteiger partial charge in [-0.25, -0.2) is 0 Å². The normalized spacial score (nSPS) is 28.1. The van der Waals surface area contributed by atoms with Crippen molar-refractivity contribution in [1.29, 1.82) is 0 Å². The maximum atomic E-state index is 10.9. The van der Waals surface area contributed by atoms with Crippen molar-refractivity contribution < 1.29 is 9.66 Å². The molecule has 2 aliphatic rings. The topological polar surface area (TPSA) is 67.6 Å². The van der Waals surface area contributed by atoms with Crippen molar-refractivity contribution in [3.05, 3.63) is 28.3 Å². The van der Waals surface area contributed by atoms with Gasteiger partial charge in [-0.1, -0.05) is 0 Å². The third-order valence-electron chi connectivity index (χ3n) is 4.37. The van der Waals surface area contributed by atoms with Gasteiger partial charge in [-0.2, -0.15) is 0 Å². The number of nitrogens with zero attached hydrogens (tertiary/aromatic N) is 2. The van der Waals surface area contributed by atoms with E-state index in [9.17, 15) is 10.1 Å². The molecule has 2 saturated heterocycles. The van der Waals surface area contributed by atoms with Crippen LogP contribution in [0.15, 0.2) is 18.2 Å². The van der Waals surface area contributed by atoms with Gasteiger partial charge in [0.15, 0.2) is 0 Å². The summed E-state index contributed by atoms with van der Waals surface area (Å²) in [6, 6.07) is 5.08. The Balaban J connectivity index is 1.81. The highest BCUT2D eigenvalue weighted by molar-refractivity contribution is 5.62. The molecule has 0 aromatic heterocycles. The number of hydrogen-bond acceptors (Lipinski definition) is 5. The lowest BCUT2D eigenvalue weighted by Gasteiger charge is -2.32.